The average Bonchev–Trinajstić information content (AvgIpc) is 3.38. The molecule has 8 nitrogen and oxygen atoms in total. The fourth-order valence-electron chi connectivity index (χ4n) is 2.73. The summed E-state index contributed by atoms with van der Waals surface area (Å²) in [5.74, 6) is -0.00696. The van der Waals surface area contributed by atoms with Crippen LogP contribution in [0.15, 0.2) is 72.4 Å². The maximum atomic E-state index is 12.3. The number of thiazole rings is 1. The maximum absolute atomic E-state index is 12.3. The first kappa shape index (κ1) is 19.5. The summed E-state index contributed by atoms with van der Waals surface area (Å²) in [5, 5.41) is 12.0. The van der Waals surface area contributed by atoms with E-state index in [4.69, 9.17) is 0 Å². The van der Waals surface area contributed by atoms with E-state index in [1.54, 1.807) is 52.8 Å². The molecule has 2 amide bonds. The van der Waals surface area contributed by atoms with Gasteiger partial charge < -0.3 is 5.32 Å². The number of nitrogens with one attached hydrogen (secondary N) is 2. The van der Waals surface area contributed by atoms with E-state index in [1.807, 2.05) is 24.3 Å². The monoisotopic (exact) mass is 418 g/mol. The molecular formula is C21H18N6O2S. The lowest BCUT2D eigenvalue weighted by atomic mass is 10.2. The number of nitrogens with zero attached hydrogens (tertiary/aromatic N) is 4. The van der Waals surface area contributed by atoms with Crippen molar-refractivity contribution < 1.29 is 9.59 Å². The largest absolute Gasteiger partial charge is 0.309 e. The Kier molecular flexibility index (Phi) is 5.90. The molecule has 0 unspecified atom stereocenters. The minimum atomic E-state index is -0.237. The van der Waals surface area contributed by atoms with E-state index in [1.165, 1.54) is 11.3 Å². The standard InChI is InChI=1S/C21H18N6O2S/c28-19(24-18-9-11-27(26-18)13-16-8-4-5-10-22-16)12-17-14-30-21(23-17)25-20(29)15-6-2-1-3-7-15/h1-11,14H,12-13H2,(H,23,25,29)(H,24,26,28). The van der Waals surface area contributed by atoms with Crippen molar-refractivity contribution in [1.82, 2.24) is 19.7 Å². The first-order valence-corrected chi connectivity index (χ1v) is 10.1. The molecule has 0 aliphatic rings. The van der Waals surface area contributed by atoms with Gasteiger partial charge in [0.25, 0.3) is 5.91 Å². The van der Waals surface area contributed by atoms with Gasteiger partial charge in [-0.15, -0.1) is 11.3 Å². The van der Waals surface area contributed by atoms with Gasteiger partial charge in [0.15, 0.2) is 10.9 Å². The number of amides is 2. The number of pyridine rings is 1. The Hall–Kier alpha value is -3.85. The molecule has 4 aromatic rings. The number of benzene rings is 1. The molecule has 0 spiro atoms. The van der Waals surface area contributed by atoms with Crippen LogP contribution in [0.3, 0.4) is 0 Å². The molecule has 9 heteroatoms. The summed E-state index contributed by atoms with van der Waals surface area (Å²) in [7, 11) is 0. The normalized spacial score (nSPS) is 10.5. The molecule has 4 rings (SSSR count). The number of hydrogen-bond acceptors (Lipinski definition) is 6. The summed E-state index contributed by atoms with van der Waals surface area (Å²) in [4.78, 5) is 33.1. The van der Waals surface area contributed by atoms with E-state index in [9.17, 15) is 9.59 Å². The minimum Gasteiger partial charge on any atom is -0.309 e. The van der Waals surface area contributed by atoms with Crippen LogP contribution in [-0.2, 0) is 17.8 Å². The summed E-state index contributed by atoms with van der Waals surface area (Å²) in [5.41, 5.74) is 2.01. The molecule has 3 heterocycles. The molecule has 0 bridgehead atoms. The quantitative estimate of drug-likeness (QED) is 0.480. The van der Waals surface area contributed by atoms with Crippen LogP contribution in [0.5, 0.6) is 0 Å². The maximum Gasteiger partial charge on any atom is 0.257 e. The van der Waals surface area contributed by atoms with E-state index >= 15 is 0 Å². The third-order valence-corrected chi connectivity index (χ3v) is 4.91. The number of hydrogen-bond donors (Lipinski definition) is 2. The number of aromatic nitrogens is 4. The van der Waals surface area contributed by atoms with Gasteiger partial charge in [0.05, 0.1) is 24.4 Å². The molecule has 0 atom stereocenters. The Labute approximate surface area is 176 Å². The number of carbonyl (C=O) groups is 2. The molecule has 0 fully saturated rings. The lowest BCUT2D eigenvalue weighted by Crippen LogP contribution is -2.16. The second-order valence-corrected chi connectivity index (χ2v) is 7.27. The van der Waals surface area contributed by atoms with Crippen LogP contribution >= 0.6 is 11.3 Å². The molecule has 0 radical (unpaired) electrons. The van der Waals surface area contributed by atoms with Crippen molar-refractivity contribution in [2.45, 2.75) is 13.0 Å². The number of carbonyl (C=O) groups excluding carboxylic acids is 2. The van der Waals surface area contributed by atoms with Crippen molar-refractivity contribution in [3.63, 3.8) is 0 Å². The van der Waals surface area contributed by atoms with Gasteiger partial charge in [-0.3, -0.25) is 24.6 Å². The zero-order chi connectivity index (χ0) is 20.8. The van der Waals surface area contributed by atoms with Crippen LogP contribution in [-0.4, -0.2) is 31.6 Å². The molecule has 0 aliphatic heterocycles. The predicted octanol–water partition coefficient (Wildman–Crippen LogP) is 3.22. The van der Waals surface area contributed by atoms with Gasteiger partial charge in [-0.05, 0) is 24.3 Å². The van der Waals surface area contributed by atoms with Crippen molar-refractivity contribution >= 4 is 34.1 Å². The summed E-state index contributed by atoms with van der Waals surface area (Å²) >= 11 is 1.28. The Morgan fingerprint density at radius 1 is 0.967 bits per heavy atom. The van der Waals surface area contributed by atoms with Crippen molar-refractivity contribution in [2.75, 3.05) is 10.6 Å². The van der Waals surface area contributed by atoms with Crippen molar-refractivity contribution in [3.8, 4) is 0 Å². The highest BCUT2D eigenvalue weighted by Gasteiger charge is 2.12. The van der Waals surface area contributed by atoms with E-state index < -0.39 is 0 Å². The third-order valence-electron chi connectivity index (χ3n) is 4.11. The molecule has 0 aliphatic carbocycles. The van der Waals surface area contributed by atoms with E-state index in [-0.39, 0.29) is 18.2 Å². The number of anilines is 2. The molecule has 1 aromatic carbocycles. The zero-order valence-corrected chi connectivity index (χ0v) is 16.7. The van der Waals surface area contributed by atoms with Gasteiger partial charge in [0, 0.05) is 29.4 Å². The molecule has 3 aromatic heterocycles. The molecule has 0 saturated heterocycles. The first-order chi connectivity index (χ1) is 14.7. The van der Waals surface area contributed by atoms with Crippen LogP contribution < -0.4 is 10.6 Å². The Morgan fingerprint density at radius 3 is 2.60 bits per heavy atom. The highest BCUT2D eigenvalue weighted by atomic mass is 32.1. The average molecular weight is 418 g/mol. The zero-order valence-electron chi connectivity index (χ0n) is 15.9. The van der Waals surface area contributed by atoms with E-state index in [2.05, 4.69) is 25.7 Å². The van der Waals surface area contributed by atoms with Crippen molar-refractivity contribution in [1.29, 1.82) is 0 Å². The lowest BCUT2D eigenvalue weighted by Gasteiger charge is -2.02. The molecule has 0 saturated carbocycles. The third kappa shape index (κ3) is 5.15. The van der Waals surface area contributed by atoms with Gasteiger partial charge in [-0.1, -0.05) is 24.3 Å². The number of rotatable bonds is 7. The molecule has 30 heavy (non-hydrogen) atoms. The van der Waals surface area contributed by atoms with Crippen LogP contribution in [0.1, 0.15) is 21.7 Å². The second kappa shape index (κ2) is 9.10. The van der Waals surface area contributed by atoms with Gasteiger partial charge in [-0.2, -0.15) is 5.10 Å². The van der Waals surface area contributed by atoms with Crippen molar-refractivity contribution in [3.05, 3.63) is 89.3 Å². The Morgan fingerprint density at radius 2 is 1.80 bits per heavy atom. The van der Waals surface area contributed by atoms with Gasteiger partial charge in [0.1, 0.15) is 0 Å². The van der Waals surface area contributed by atoms with Crippen LogP contribution in [0.4, 0.5) is 10.9 Å². The summed E-state index contributed by atoms with van der Waals surface area (Å²) in [6.45, 7) is 0.521. The SMILES string of the molecule is O=C(Cc1csc(NC(=O)c2ccccc2)n1)Nc1ccn(Cc2ccccn2)n1. The summed E-state index contributed by atoms with van der Waals surface area (Å²) < 4.78 is 1.71. The topological polar surface area (TPSA) is 102 Å². The molecule has 2 N–H and O–H groups in total. The summed E-state index contributed by atoms with van der Waals surface area (Å²) in [6, 6.07) is 16.3. The smallest absolute Gasteiger partial charge is 0.257 e. The minimum absolute atomic E-state index is 0.0881. The molecular weight excluding hydrogens is 400 g/mol. The van der Waals surface area contributed by atoms with Crippen LogP contribution in [0.2, 0.25) is 0 Å². The fraction of sp³-hybridized carbons (Fsp3) is 0.0952. The highest BCUT2D eigenvalue weighted by molar-refractivity contribution is 7.14. The van der Waals surface area contributed by atoms with E-state index in [0.29, 0.717) is 28.8 Å². The van der Waals surface area contributed by atoms with Crippen LogP contribution in [0.25, 0.3) is 0 Å². The Balaban J connectivity index is 1.30. The Bertz CT molecular complexity index is 1140. The summed E-state index contributed by atoms with van der Waals surface area (Å²) in [6.07, 6.45) is 3.60. The predicted molar refractivity (Wildman–Crippen MR) is 114 cm³/mol. The lowest BCUT2D eigenvalue weighted by molar-refractivity contribution is -0.115. The van der Waals surface area contributed by atoms with Crippen LogP contribution in [0, 0.1) is 0 Å². The van der Waals surface area contributed by atoms with Gasteiger partial charge in [-0.25, -0.2) is 4.98 Å². The molecule has 150 valence electrons. The van der Waals surface area contributed by atoms with Gasteiger partial charge in [0.2, 0.25) is 5.91 Å². The fourth-order valence-corrected chi connectivity index (χ4v) is 3.44. The van der Waals surface area contributed by atoms with E-state index in [0.717, 1.165) is 5.69 Å². The second-order valence-electron chi connectivity index (χ2n) is 6.41. The van der Waals surface area contributed by atoms with Crippen molar-refractivity contribution in [2.24, 2.45) is 0 Å². The highest BCUT2D eigenvalue weighted by Crippen LogP contribution is 2.17. The van der Waals surface area contributed by atoms with Gasteiger partial charge >= 0.3 is 0 Å². The first-order valence-electron chi connectivity index (χ1n) is 9.20.